The Morgan fingerprint density at radius 3 is 2.63 bits per heavy atom. The lowest BCUT2D eigenvalue weighted by atomic mass is 9.98. The van der Waals surface area contributed by atoms with Gasteiger partial charge in [0.25, 0.3) is 0 Å². The van der Waals surface area contributed by atoms with Gasteiger partial charge >= 0.3 is 0 Å². The van der Waals surface area contributed by atoms with Crippen LogP contribution in [0, 0.1) is 12.3 Å². The summed E-state index contributed by atoms with van der Waals surface area (Å²) in [6.45, 7) is 4.32. The lowest BCUT2D eigenvalue weighted by molar-refractivity contribution is 0.300. The molecule has 0 amide bonds. The van der Waals surface area contributed by atoms with Gasteiger partial charge in [-0.25, -0.2) is 19.9 Å². The van der Waals surface area contributed by atoms with E-state index in [1.165, 1.54) is 11.3 Å². The molecule has 1 aliphatic rings. The third-order valence-corrected chi connectivity index (χ3v) is 6.18. The van der Waals surface area contributed by atoms with Crippen molar-refractivity contribution >= 4 is 29.4 Å². The smallest absolute Gasteiger partial charge is 0.225 e. The number of pyridine rings is 1. The van der Waals surface area contributed by atoms with Crippen LogP contribution in [0.25, 0.3) is 0 Å². The van der Waals surface area contributed by atoms with Crippen LogP contribution in [0.1, 0.15) is 35.0 Å². The monoisotopic (exact) mass is 423 g/mol. The molecule has 0 radical (unpaired) electrons. The fourth-order valence-electron chi connectivity index (χ4n) is 3.34. The van der Waals surface area contributed by atoms with E-state index in [2.05, 4.69) is 25.2 Å². The maximum Gasteiger partial charge on any atom is 0.225 e. The molecule has 4 rings (SSSR count). The average Bonchev–Trinajstić information content (AvgIpc) is 3.27. The number of aromatic nitrogens is 4. The van der Waals surface area contributed by atoms with Crippen LogP contribution in [0.5, 0.6) is 5.75 Å². The van der Waals surface area contributed by atoms with E-state index < -0.39 is 0 Å². The second-order valence-electron chi connectivity index (χ2n) is 7.38. The molecular weight excluding hydrogens is 398 g/mol. The van der Waals surface area contributed by atoms with Gasteiger partial charge in [-0.05, 0) is 37.5 Å². The molecule has 3 aromatic heterocycles. The highest BCUT2D eigenvalue weighted by Gasteiger charge is 2.24. The Kier molecular flexibility index (Phi) is 6.18. The van der Waals surface area contributed by atoms with Gasteiger partial charge in [-0.2, -0.15) is 0 Å². The van der Waals surface area contributed by atoms with Crippen LogP contribution in [-0.4, -0.2) is 46.4 Å². The number of nitrogens with zero attached hydrogens (tertiary/aromatic N) is 6. The van der Waals surface area contributed by atoms with E-state index in [4.69, 9.17) is 15.1 Å². The molecule has 1 fully saturated rings. The summed E-state index contributed by atoms with van der Waals surface area (Å²) in [6, 6.07) is 3.69. The molecule has 0 atom stereocenters. The Morgan fingerprint density at radius 1 is 1.20 bits per heavy atom. The molecule has 156 valence electrons. The summed E-state index contributed by atoms with van der Waals surface area (Å²) in [5.74, 6) is 2.69. The van der Waals surface area contributed by atoms with Crippen molar-refractivity contribution in [3.05, 3.63) is 52.4 Å². The fourth-order valence-corrected chi connectivity index (χ4v) is 4.32. The maximum absolute atomic E-state index is 7.26. The molecule has 8 nitrogen and oxygen atoms in total. The average molecular weight is 424 g/mol. The number of hydrogen-bond donors (Lipinski definition) is 1. The molecule has 9 heteroatoms. The second kappa shape index (κ2) is 9.17. The van der Waals surface area contributed by atoms with Crippen LogP contribution in [0.15, 0.2) is 36.1 Å². The van der Waals surface area contributed by atoms with Crippen molar-refractivity contribution in [3.8, 4) is 5.75 Å². The molecule has 30 heavy (non-hydrogen) atoms. The van der Waals surface area contributed by atoms with E-state index in [1.54, 1.807) is 29.5 Å². The lowest BCUT2D eigenvalue weighted by Gasteiger charge is -2.31. The van der Waals surface area contributed by atoms with Crippen molar-refractivity contribution in [2.75, 3.05) is 29.9 Å². The minimum atomic E-state index is 0.425. The van der Waals surface area contributed by atoms with Gasteiger partial charge in [0.15, 0.2) is 0 Å². The minimum Gasteiger partial charge on any atom is -0.486 e. The predicted octanol–water partition coefficient (Wildman–Crippen LogP) is 3.64. The standard InChI is InChI=1S/C21H25N7OS/c1-15-9-24-21(25-10-15)28-7-5-16(6-8-28)20-26-17(13-30-20)12-29-18-3-4-19(23-11-18)27(2)14-22/h3-4,9-11,13-14,16,22H,5-8,12H2,1-2H3. The van der Waals surface area contributed by atoms with Gasteiger partial charge in [0.2, 0.25) is 5.95 Å². The third kappa shape index (κ3) is 4.73. The molecule has 0 saturated carbocycles. The molecule has 4 heterocycles. The zero-order chi connectivity index (χ0) is 20.9. The summed E-state index contributed by atoms with van der Waals surface area (Å²) in [6.07, 6.45) is 8.74. The van der Waals surface area contributed by atoms with Crippen molar-refractivity contribution < 1.29 is 4.74 Å². The first-order valence-corrected chi connectivity index (χ1v) is 10.8. The van der Waals surface area contributed by atoms with E-state index in [0.29, 0.717) is 24.1 Å². The zero-order valence-corrected chi connectivity index (χ0v) is 18.0. The van der Waals surface area contributed by atoms with Gasteiger partial charge in [0.05, 0.1) is 23.2 Å². The topological polar surface area (TPSA) is 91.1 Å². The SMILES string of the molecule is Cc1cnc(N2CCC(c3nc(COc4ccc(N(C)C=N)nc4)cs3)CC2)nc1. The first-order valence-electron chi connectivity index (χ1n) is 9.92. The Bertz CT molecular complexity index is 966. The predicted molar refractivity (Wildman–Crippen MR) is 119 cm³/mol. The van der Waals surface area contributed by atoms with Crippen LogP contribution >= 0.6 is 11.3 Å². The number of ether oxygens (including phenoxy) is 1. The summed E-state index contributed by atoms with van der Waals surface area (Å²) in [4.78, 5) is 21.9. The summed E-state index contributed by atoms with van der Waals surface area (Å²) < 4.78 is 5.83. The van der Waals surface area contributed by atoms with E-state index >= 15 is 0 Å². The van der Waals surface area contributed by atoms with Crippen LogP contribution in [0.2, 0.25) is 0 Å². The maximum atomic E-state index is 7.26. The van der Waals surface area contributed by atoms with Crippen molar-refractivity contribution in [3.63, 3.8) is 0 Å². The number of hydrogen-bond acceptors (Lipinski definition) is 8. The Morgan fingerprint density at radius 2 is 1.97 bits per heavy atom. The molecule has 0 spiro atoms. The van der Waals surface area contributed by atoms with Crippen LogP contribution in [0.4, 0.5) is 11.8 Å². The Hall–Kier alpha value is -3.07. The molecule has 1 saturated heterocycles. The first-order chi connectivity index (χ1) is 14.6. The van der Waals surface area contributed by atoms with Crippen molar-refractivity contribution in [2.24, 2.45) is 0 Å². The summed E-state index contributed by atoms with van der Waals surface area (Å²) in [7, 11) is 1.78. The molecule has 0 unspecified atom stereocenters. The number of thiazole rings is 1. The molecule has 1 N–H and O–H groups in total. The fraction of sp³-hybridized carbons (Fsp3) is 0.381. The van der Waals surface area contributed by atoms with Gasteiger partial charge < -0.3 is 14.5 Å². The van der Waals surface area contributed by atoms with Gasteiger partial charge in [0.1, 0.15) is 18.2 Å². The number of aryl methyl sites for hydroxylation is 1. The van der Waals surface area contributed by atoms with Crippen molar-refractivity contribution in [1.82, 2.24) is 19.9 Å². The summed E-state index contributed by atoms with van der Waals surface area (Å²) >= 11 is 1.71. The molecule has 0 bridgehead atoms. The molecule has 1 aliphatic heterocycles. The summed E-state index contributed by atoms with van der Waals surface area (Å²) in [5, 5.41) is 10.5. The molecule has 0 aliphatic carbocycles. The first kappa shape index (κ1) is 20.2. The minimum absolute atomic E-state index is 0.425. The number of anilines is 2. The Balaban J connectivity index is 1.29. The van der Waals surface area contributed by atoms with Crippen molar-refractivity contribution in [1.29, 1.82) is 5.41 Å². The highest BCUT2D eigenvalue weighted by atomic mass is 32.1. The third-order valence-electron chi connectivity index (χ3n) is 5.13. The Labute approximate surface area is 180 Å². The normalized spacial score (nSPS) is 14.5. The quantitative estimate of drug-likeness (QED) is 0.458. The number of rotatable bonds is 7. The van der Waals surface area contributed by atoms with Crippen LogP contribution in [-0.2, 0) is 6.61 Å². The van der Waals surface area contributed by atoms with E-state index in [1.807, 2.05) is 31.5 Å². The molecular formula is C21H25N7OS. The van der Waals surface area contributed by atoms with Gasteiger partial charge in [-0.15, -0.1) is 11.3 Å². The van der Waals surface area contributed by atoms with E-state index in [-0.39, 0.29) is 0 Å². The van der Waals surface area contributed by atoms with Crippen molar-refractivity contribution in [2.45, 2.75) is 32.3 Å². The van der Waals surface area contributed by atoms with Gasteiger partial charge in [-0.3, -0.25) is 5.41 Å². The van der Waals surface area contributed by atoms with Crippen LogP contribution < -0.4 is 14.5 Å². The van der Waals surface area contributed by atoms with Gasteiger partial charge in [0, 0.05) is 43.8 Å². The molecule has 3 aromatic rings. The van der Waals surface area contributed by atoms with E-state index in [9.17, 15) is 0 Å². The second-order valence-corrected chi connectivity index (χ2v) is 8.27. The number of nitrogens with one attached hydrogen (secondary N) is 1. The van der Waals surface area contributed by atoms with Crippen LogP contribution in [0.3, 0.4) is 0 Å². The zero-order valence-electron chi connectivity index (χ0n) is 17.2. The highest BCUT2D eigenvalue weighted by molar-refractivity contribution is 7.09. The molecule has 0 aromatic carbocycles. The highest BCUT2D eigenvalue weighted by Crippen LogP contribution is 2.31. The number of piperidine rings is 1. The largest absolute Gasteiger partial charge is 0.486 e. The lowest BCUT2D eigenvalue weighted by Crippen LogP contribution is -2.34. The van der Waals surface area contributed by atoms with E-state index in [0.717, 1.165) is 43.1 Å². The summed E-state index contributed by atoms with van der Waals surface area (Å²) in [5.41, 5.74) is 2.02. The van der Waals surface area contributed by atoms with Gasteiger partial charge in [-0.1, -0.05) is 0 Å².